The van der Waals surface area contributed by atoms with Gasteiger partial charge in [-0.2, -0.15) is 0 Å². The van der Waals surface area contributed by atoms with Crippen LogP contribution in [-0.2, 0) is 16.0 Å². The third-order valence-electron chi connectivity index (χ3n) is 7.55. The minimum absolute atomic E-state index is 0.0105. The summed E-state index contributed by atoms with van der Waals surface area (Å²) in [5, 5.41) is 0. The van der Waals surface area contributed by atoms with Crippen molar-refractivity contribution >= 4 is 5.97 Å². The molecule has 1 aromatic rings. The molecule has 5 atom stereocenters. The van der Waals surface area contributed by atoms with Gasteiger partial charge in [0.2, 0.25) is 0 Å². The van der Waals surface area contributed by atoms with Crippen molar-refractivity contribution in [3.63, 3.8) is 0 Å². The van der Waals surface area contributed by atoms with Crippen LogP contribution in [0, 0.1) is 29.6 Å². The first kappa shape index (κ1) is 25.9. The Labute approximate surface area is 192 Å². The molecular formula is C29H48O2. The summed E-state index contributed by atoms with van der Waals surface area (Å²) in [4.78, 5) is 11.6. The Kier molecular flexibility index (Phi) is 11.7. The van der Waals surface area contributed by atoms with E-state index in [0.29, 0.717) is 6.42 Å². The monoisotopic (exact) mass is 428 g/mol. The number of unbranched alkanes of at least 4 members (excludes halogenated alkanes) is 3. The third-order valence-corrected chi connectivity index (χ3v) is 7.55. The number of carbonyl (C=O) groups excluding carboxylic acids is 1. The van der Waals surface area contributed by atoms with Gasteiger partial charge in [-0.1, -0.05) is 76.8 Å². The Morgan fingerprint density at radius 3 is 2.23 bits per heavy atom. The van der Waals surface area contributed by atoms with Crippen molar-refractivity contribution in [2.24, 2.45) is 29.6 Å². The zero-order valence-corrected chi connectivity index (χ0v) is 20.9. The predicted octanol–water partition coefficient (Wildman–Crippen LogP) is 8.24. The summed E-state index contributed by atoms with van der Waals surface area (Å²) >= 11 is 0. The fourth-order valence-corrected chi connectivity index (χ4v) is 5.78. The maximum atomic E-state index is 11.6. The molecule has 2 nitrogen and oxygen atoms in total. The quantitative estimate of drug-likeness (QED) is 0.220. The van der Waals surface area contributed by atoms with E-state index in [1.807, 2.05) is 13.8 Å². The maximum absolute atomic E-state index is 11.6. The molecule has 31 heavy (non-hydrogen) atoms. The molecule has 1 aromatic carbocycles. The molecule has 1 aliphatic rings. The Balaban J connectivity index is 1.65. The zero-order valence-electron chi connectivity index (χ0n) is 20.9. The van der Waals surface area contributed by atoms with Gasteiger partial charge >= 0.3 is 5.97 Å². The van der Waals surface area contributed by atoms with Gasteiger partial charge in [-0.05, 0) is 87.5 Å². The van der Waals surface area contributed by atoms with Crippen LogP contribution in [-0.4, -0.2) is 12.1 Å². The van der Waals surface area contributed by atoms with Crippen molar-refractivity contribution in [2.45, 2.75) is 111 Å². The van der Waals surface area contributed by atoms with Gasteiger partial charge in [0.1, 0.15) is 0 Å². The van der Waals surface area contributed by atoms with Crippen molar-refractivity contribution in [1.29, 1.82) is 0 Å². The van der Waals surface area contributed by atoms with Crippen LogP contribution >= 0.6 is 0 Å². The second kappa shape index (κ2) is 14.0. The highest BCUT2D eigenvalue weighted by Gasteiger charge is 2.37. The molecule has 0 aromatic heterocycles. The molecular weight excluding hydrogens is 380 g/mol. The highest BCUT2D eigenvalue weighted by atomic mass is 16.5. The van der Waals surface area contributed by atoms with Gasteiger partial charge in [-0.3, -0.25) is 4.79 Å². The third kappa shape index (κ3) is 9.79. The molecule has 176 valence electrons. The van der Waals surface area contributed by atoms with Gasteiger partial charge in [0.05, 0.1) is 6.10 Å². The lowest BCUT2D eigenvalue weighted by Crippen LogP contribution is -2.17. The summed E-state index contributed by atoms with van der Waals surface area (Å²) in [5.74, 6) is 4.36. The molecule has 0 radical (unpaired) electrons. The number of esters is 1. The fourth-order valence-electron chi connectivity index (χ4n) is 5.78. The molecule has 0 N–H and O–H groups in total. The smallest absolute Gasteiger partial charge is 0.306 e. The number of ether oxygens (including phenoxy) is 1. The molecule has 0 unspecified atom stereocenters. The molecule has 0 heterocycles. The van der Waals surface area contributed by atoms with Crippen molar-refractivity contribution in [3.8, 4) is 0 Å². The summed E-state index contributed by atoms with van der Waals surface area (Å²) in [7, 11) is 0. The van der Waals surface area contributed by atoms with Gasteiger partial charge < -0.3 is 4.74 Å². The number of hydrogen-bond acceptors (Lipinski definition) is 2. The van der Waals surface area contributed by atoms with Crippen LogP contribution in [0.5, 0.6) is 0 Å². The van der Waals surface area contributed by atoms with Crippen LogP contribution in [0.1, 0.15) is 104 Å². The maximum Gasteiger partial charge on any atom is 0.306 e. The average Bonchev–Trinajstić information content (AvgIpc) is 3.00. The fraction of sp³-hybridized carbons (Fsp3) is 0.759. The Bertz CT molecular complexity index is 608. The molecule has 0 saturated heterocycles. The second-order valence-electron chi connectivity index (χ2n) is 10.7. The minimum atomic E-state index is -0.0327. The van der Waals surface area contributed by atoms with E-state index >= 15 is 0 Å². The summed E-state index contributed by atoms with van der Waals surface area (Å²) in [6, 6.07) is 10.9. The molecule has 1 fully saturated rings. The van der Waals surface area contributed by atoms with E-state index in [-0.39, 0.29) is 12.1 Å². The lowest BCUT2D eigenvalue weighted by Gasteiger charge is -2.26. The zero-order chi connectivity index (χ0) is 22.6. The van der Waals surface area contributed by atoms with Crippen molar-refractivity contribution in [2.75, 3.05) is 0 Å². The van der Waals surface area contributed by atoms with Gasteiger partial charge in [0.25, 0.3) is 0 Å². The number of aryl methyl sites for hydroxylation is 1. The van der Waals surface area contributed by atoms with Crippen LogP contribution in [0.3, 0.4) is 0 Å². The number of hydrogen-bond donors (Lipinski definition) is 0. The van der Waals surface area contributed by atoms with Crippen LogP contribution in [0.25, 0.3) is 0 Å². The normalized spacial score (nSPS) is 24.5. The topological polar surface area (TPSA) is 26.3 Å². The first-order valence-electron chi connectivity index (χ1n) is 13.1. The predicted molar refractivity (Wildman–Crippen MR) is 132 cm³/mol. The van der Waals surface area contributed by atoms with Crippen molar-refractivity contribution in [1.82, 2.24) is 0 Å². The molecule has 2 rings (SSSR count). The van der Waals surface area contributed by atoms with Crippen molar-refractivity contribution < 1.29 is 9.53 Å². The molecule has 1 aliphatic carbocycles. The first-order chi connectivity index (χ1) is 14.9. The van der Waals surface area contributed by atoms with Crippen LogP contribution in [0.4, 0.5) is 0 Å². The van der Waals surface area contributed by atoms with Gasteiger partial charge in [-0.15, -0.1) is 0 Å². The first-order valence-corrected chi connectivity index (χ1v) is 13.1. The summed E-state index contributed by atoms with van der Waals surface area (Å²) in [5.41, 5.74) is 1.48. The van der Waals surface area contributed by atoms with E-state index in [0.717, 1.165) is 42.4 Å². The molecule has 0 spiro atoms. The highest BCUT2D eigenvalue weighted by molar-refractivity contribution is 5.69. The number of rotatable bonds is 14. The Morgan fingerprint density at radius 1 is 0.903 bits per heavy atom. The van der Waals surface area contributed by atoms with E-state index in [2.05, 4.69) is 51.1 Å². The van der Waals surface area contributed by atoms with E-state index in [9.17, 15) is 4.79 Å². The molecule has 0 amide bonds. The van der Waals surface area contributed by atoms with Crippen LogP contribution in [0.2, 0.25) is 0 Å². The van der Waals surface area contributed by atoms with Gasteiger partial charge in [0, 0.05) is 6.42 Å². The summed E-state index contributed by atoms with van der Waals surface area (Å²) < 4.78 is 5.23. The minimum Gasteiger partial charge on any atom is -0.463 e. The van der Waals surface area contributed by atoms with E-state index in [4.69, 9.17) is 4.74 Å². The van der Waals surface area contributed by atoms with Crippen molar-refractivity contribution in [3.05, 3.63) is 35.9 Å². The Morgan fingerprint density at radius 2 is 1.55 bits per heavy atom. The van der Waals surface area contributed by atoms with Crippen LogP contribution < -0.4 is 0 Å². The molecule has 0 bridgehead atoms. The lowest BCUT2D eigenvalue weighted by atomic mass is 9.79. The number of carbonyl (C=O) groups is 1. The average molecular weight is 429 g/mol. The molecule has 1 saturated carbocycles. The molecule has 0 aliphatic heterocycles. The van der Waals surface area contributed by atoms with E-state index < -0.39 is 0 Å². The second-order valence-corrected chi connectivity index (χ2v) is 10.7. The Hall–Kier alpha value is -1.31. The largest absolute Gasteiger partial charge is 0.463 e. The van der Waals surface area contributed by atoms with Gasteiger partial charge in [0.15, 0.2) is 0 Å². The van der Waals surface area contributed by atoms with Gasteiger partial charge in [-0.25, -0.2) is 0 Å². The van der Waals surface area contributed by atoms with E-state index in [1.165, 1.54) is 56.9 Å². The summed E-state index contributed by atoms with van der Waals surface area (Å²) in [6.07, 6.45) is 13.4. The SMILES string of the molecule is CC(C)OC(=O)CCCCCC[C@@H]1[C@@H](CC[C@@H](C)CCc2ccccc2)[C@H](C)C[C@@H]1C. The summed E-state index contributed by atoms with van der Waals surface area (Å²) in [6.45, 7) is 11.3. The number of benzene rings is 1. The molecule has 2 heteroatoms. The van der Waals surface area contributed by atoms with Crippen LogP contribution in [0.15, 0.2) is 30.3 Å². The lowest BCUT2D eigenvalue weighted by molar-refractivity contribution is -0.147. The van der Waals surface area contributed by atoms with E-state index in [1.54, 1.807) is 0 Å². The standard InChI is InChI=1S/C29H48O2/c1-22(2)31-29(30)16-12-7-6-11-15-27-24(4)21-25(5)28(27)20-18-23(3)17-19-26-13-9-8-10-14-26/h8-10,13-14,22-25,27-28H,6-7,11-12,15-21H2,1-5H3/t23-,24-,25+,27-,28-/m0/s1. The highest BCUT2D eigenvalue weighted by Crippen LogP contribution is 2.46.